The van der Waals surface area contributed by atoms with Gasteiger partial charge in [0.05, 0.1) is 11.3 Å². The summed E-state index contributed by atoms with van der Waals surface area (Å²) in [5.41, 5.74) is 0.564. The average Bonchev–Trinajstić information content (AvgIpc) is 2.94. The third-order valence-corrected chi connectivity index (χ3v) is 3.13. The second-order valence-electron chi connectivity index (χ2n) is 4.70. The zero-order valence-corrected chi connectivity index (χ0v) is 11.0. The molecule has 110 valence electrons. The van der Waals surface area contributed by atoms with Crippen LogP contribution in [0.5, 0.6) is 0 Å². The fourth-order valence-electron chi connectivity index (χ4n) is 2.09. The van der Waals surface area contributed by atoms with Crippen LogP contribution in [0.3, 0.4) is 0 Å². The predicted molar refractivity (Wildman–Crippen MR) is 63.7 cm³/mol. The summed E-state index contributed by atoms with van der Waals surface area (Å²) >= 11 is 0. The van der Waals surface area contributed by atoms with Crippen molar-refractivity contribution in [1.29, 1.82) is 0 Å². The summed E-state index contributed by atoms with van der Waals surface area (Å²) in [5.74, 6) is -1.81. The van der Waals surface area contributed by atoms with Crippen molar-refractivity contribution in [2.24, 2.45) is 7.05 Å². The third kappa shape index (κ3) is 3.52. The maximum atomic E-state index is 10.8. The predicted octanol–water partition coefficient (Wildman–Crippen LogP) is -1.88. The SMILES string of the molecule is Cn1n[n+](CO[C@H]2CN[C@H](C(=O)O)C2)cc1CC(=O)O. The summed E-state index contributed by atoms with van der Waals surface area (Å²) in [5, 5.41) is 24.5. The van der Waals surface area contributed by atoms with Crippen molar-refractivity contribution in [2.45, 2.75) is 31.7 Å². The molecule has 2 atom stereocenters. The van der Waals surface area contributed by atoms with Crippen LogP contribution in [0.2, 0.25) is 0 Å². The molecular weight excluding hydrogens is 268 g/mol. The average molecular weight is 285 g/mol. The number of carbonyl (C=O) groups is 2. The fraction of sp³-hybridized carbons (Fsp3) is 0.636. The van der Waals surface area contributed by atoms with Gasteiger partial charge in [0.2, 0.25) is 6.73 Å². The third-order valence-electron chi connectivity index (χ3n) is 3.13. The topological polar surface area (TPSA) is 118 Å². The van der Waals surface area contributed by atoms with E-state index in [0.29, 0.717) is 18.7 Å². The molecule has 0 aliphatic carbocycles. The van der Waals surface area contributed by atoms with Gasteiger partial charge in [-0.05, 0) is 0 Å². The van der Waals surface area contributed by atoms with Crippen molar-refractivity contribution in [1.82, 2.24) is 15.2 Å². The molecule has 0 unspecified atom stereocenters. The lowest BCUT2D eigenvalue weighted by Gasteiger charge is -2.06. The molecule has 0 bridgehead atoms. The maximum Gasteiger partial charge on any atom is 0.320 e. The molecule has 0 radical (unpaired) electrons. The number of hydrogen-bond acceptors (Lipinski definition) is 5. The Hall–Kier alpha value is -2.00. The summed E-state index contributed by atoms with van der Waals surface area (Å²) in [6.07, 6.45) is 1.71. The normalized spacial score (nSPS) is 22.1. The standard InChI is InChI=1S/C11H16N4O5/c1-14-7(2-10(16)17)5-15(13-14)6-20-8-3-9(11(18)19)12-4-8/h5,8-9,12H,2-4,6H2,1H3,(H-,16,17,18,19)/p+1/t8-,9+/m1/s1. The van der Waals surface area contributed by atoms with E-state index in [4.69, 9.17) is 14.9 Å². The fourth-order valence-corrected chi connectivity index (χ4v) is 2.09. The highest BCUT2D eigenvalue weighted by Gasteiger charge is 2.30. The molecule has 2 rings (SSSR count). The van der Waals surface area contributed by atoms with Gasteiger partial charge in [0, 0.05) is 13.0 Å². The van der Waals surface area contributed by atoms with Gasteiger partial charge >= 0.3 is 11.9 Å². The van der Waals surface area contributed by atoms with Gasteiger partial charge < -0.3 is 20.3 Å². The molecule has 3 N–H and O–H groups in total. The van der Waals surface area contributed by atoms with Crippen molar-refractivity contribution in [3.05, 3.63) is 11.9 Å². The minimum absolute atomic E-state index is 0.109. The van der Waals surface area contributed by atoms with E-state index in [-0.39, 0.29) is 19.3 Å². The van der Waals surface area contributed by atoms with Gasteiger partial charge in [-0.15, -0.1) is 9.36 Å². The van der Waals surface area contributed by atoms with E-state index in [1.807, 2.05) is 0 Å². The van der Waals surface area contributed by atoms with Gasteiger partial charge in [0.25, 0.3) is 0 Å². The van der Waals surface area contributed by atoms with Crippen LogP contribution >= 0.6 is 0 Å². The first-order valence-corrected chi connectivity index (χ1v) is 6.18. The molecule has 1 aromatic heterocycles. The Morgan fingerprint density at radius 1 is 1.60 bits per heavy atom. The van der Waals surface area contributed by atoms with Crippen LogP contribution in [0.15, 0.2) is 6.20 Å². The molecule has 1 aliphatic heterocycles. The molecular formula is C11H17N4O5+. The first-order valence-electron chi connectivity index (χ1n) is 6.18. The second-order valence-corrected chi connectivity index (χ2v) is 4.70. The Bertz CT molecular complexity index is 515. The Balaban J connectivity index is 1.86. The van der Waals surface area contributed by atoms with Gasteiger partial charge in [0.15, 0.2) is 11.9 Å². The van der Waals surface area contributed by atoms with E-state index in [2.05, 4.69) is 10.5 Å². The molecule has 1 aliphatic rings. The number of carboxylic acids is 2. The number of aromatic nitrogens is 3. The molecule has 1 fully saturated rings. The first-order chi connectivity index (χ1) is 9.45. The van der Waals surface area contributed by atoms with Crippen molar-refractivity contribution in [3.8, 4) is 0 Å². The number of carboxylic acid groups (broad SMARTS) is 2. The van der Waals surface area contributed by atoms with E-state index in [1.165, 1.54) is 9.36 Å². The van der Waals surface area contributed by atoms with Crippen molar-refractivity contribution in [3.63, 3.8) is 0 Å². The zero-order valence-electron chi connectivity index (χ0n) is 11.0. The van der Waals surface area contributed by atoms with E-state index >= 15 is 0 Å². The van der Waals surface area contributed by atoms with Crippen LogP contribution in [0.1, 0.15) is 12.1 Å². The number of aryl methyl sites for hydroxylation is 1. The zero-order chi connectivity index (χ0) is 14.7. The van der Waals surface area contributed by atoms with Gasteiger partial charge in [-0.25, -0.2) is 0 Å². The largest absolute Gasteiger partial charge is 0.481 e. The van der Waals surface area contributed by atoms with Crippen LogP contribution < -0.4 is 10.00 Å². The highest BCUT2D eigenvalue weighted by molar-refractivity contribution is 5.73. The second kappa shape index (κ2) is 5.97. The maximum absolute atomic E-state index is 10.8. The monoisotopic (exact) mass is 285 g/mol. The quantitative estimate of drug-likeness (QED) is 0.524. The lowest BCUT2D eigenvalue weighted by atomic mass is 10.2. The highest BCUT2D eigenvalue weighted by atomic mass is 16.5. The molecule has 9 heteroatoms. The van der Waals surface area contributed by atoms with Crippen molar-refractivity contribution < 1.29 is 29.2 Å². The Morgan fingerprint density at radius 3 is 2.95 bits per heavy atom. The van der Waals surface area contributed by atoms with E-state index in [9.17, 15) is 9.59 Å². The summed E-state index contributed by atoms with van der Waals surface area (Å²) in [7, 11) is 1.66. The van der Waals surface area contributed by atoms with E-state index in [0.717, 1.165) is 0 Å². The molecule has 20 heavy (non-hydrogen) atoms. The summed E-state index contributed by atoms with van der Waals surface area (Å²) in [4.78, 5) is 21.4. The summed E-state index contributed by atoms with van der Waals surface area (Å²) < 4.78 is 8.53. The van der Waals surface area contributed by atoms with Crippen LogP contribution in [0, 0.1) is 0 Å². The molecule has 0 aromatic carbocycles. The lowest BCUT2D eigenvalue weighted by molar-refractivity contribution is -0.787. The Morgan fingerprint density at radius 2 is 2.35 bits per heavy atom. The van der Waals surface area contributed by atoms with E-state index < -0.39 is 18.0 Å². The molecule has 0 saturated carbocycles. The molecule has 9 nitrogen and oxygen atoms in total. The smallest absolute Gasteiger partial charge is 0.320 e. The van der Waals surface area contributed by atoms with Crippen molar-refractivity contribution in [2.75, 3.05) is 6.54 Å². The summed E-state index contributed by atoms with van der Waals surface area (Å²) in [6.45, 7) is 0.637. The molecule has 0 spiro atoms. The van der Waals surface area contributed by atoms with Crippen LogP contribution in [-0.2, 0) is 34.5 Å². The molecule has 2 heterocycles. The van der Waals surface area contributed by atoms with Gasteiger partial charge in [-0.3, -0.25) is 9.59 Å². The van der Waals surface area contributed by atoms with Gasteiger partial charge in [0.1, 0.15) is 19.5 Å². The number of rotatable bonds is 6. The first kappa shape index (κ1) is 14.4. The molecule has 1 saturated heterocycles. The Kier molecular flexibility index (Phi) is 4.30. The number of hydrogen-bond donors (Lipinski definition) is 3. The number of nitrogens with zero attached hydrogens (tertiary/aromatic N) is 3. The van der Waals surface area contributed by atoms with Crippen molar-refractivity contribution >= 4 is 11.9 Å². The van der Waals surface area contributed by atoms with Crippen LogP contribution in [0.4, 0.5) is 0 Å². The Labute approximate surface area is 114 Å². The number of nitrogens with one attached hydrogen (secondary N) is 1. The summed E-state index contributed by atoms with van der Waals surface area (Å²) in [6, 6.07) is -0.573. The number of ether oxygens (including phenoxy) is 1. The minimum Gasteiger partial charge on any atom is -0.481 e. The molecule has 1 aromatic rings. The van der Waals surface area contributed by atoms with Gasteiger partial charge in [-0.1, -0.05) is 0 Å². The molecule has 0 amide bonds. The van der Waals surface area contributed by atoms with Crippen LogP contribution in [-0.4, -0.2) is 50.7 Å². The van der Waals surface area contributed by atoms with Gasteiger partial charge in [-0.2, -0.15) is 0 Å². The van der Waals surface area contributed by atoms with Crippen LogP contribution in [0.25, 0.3) is 0 Å². The minimum atomic E-state index is -0.926. The lowest BCUT2D eigenvalue weighted by Crippen LogP contribution is -2.39. The van der Waals surface area contributed by atoms with E-state index in [1.54, 1.807) is 13.2 Å². The number of aliphatic carboxylic acids is 2. The highest BCUT2D eigenvalue weighted by Crippen LogP contribution is 2.10.